The van der Waals surface area contributed by atoms with Crippen LogP contribution in [0.1, 0.15) is 17.4 Å². The molecule has 0 unspecified atom stereocenters. The maximum Gasteiger partial charge on any atom is 0.490 e. The summed E-state index contributed by atoms with van der Waals surface area (Å²) in [4.78, 5) is 19.7. The van der Waals surface area contributed by atoms with Gasteiger partial charge in [-0.2, -0.15) is 13.2 Å². The Labute approximate surface area is 93.0 Å². The van der Waals surface area contributed by atoms with Crippen LogP contribution < -0.4 is 0 Å². The van der Waals surface area contributed by atoms with Crippen LogP contribution in [0.2, 0.25) is 0 Å². The average molecular weight is 255 g/mol. The molecule has 0 aromatic carbocycles. The number of aliphatic carboxylic acids is 1. The topological polar surface area (TPSA) is 89.6 Å². The van der Waals surface area contributed by atoms with Gasteiger partial charge < -0.3 is 14.4 Å². The van der Waals surface area contributed by atoms with Gasteiger partial charge in [-0.3, -0.25) is 0 Å². The molecule has 96 valence electrons. The lowest BCUT2D eigenvalue weighted by Crippen LogP contribution is -2.21. The van der Waals surface area contributed by atoms with Gasteiger partial charge in [0.1, 0.15) is 6.26 Å². The number of rotatable bonds is 2. The minimum absolute atomic E-state index is 0.210. The zero-order valence-corrected chi connectivity index (χ0v) is 8.52. The van der Waals surface area contributed by atoms with Crippen LogP contribution >= 0.6 is 0 Å². The number of esters is 1. The van der Waals surface area contributed by atoms with E-state index in [4.69, 9.17) is 9.90 Å². The molecule has 1 heterocycles. The molecule has 0 spiro atoms. The van der Waals surface area contributed by atoms with Gasteiger partial charge in [0.2, 0.25) is 0 Å². The molecule has 1 aromatic heterocycles. The predicted molar refractivity (Wildman–Crippen MR) is 46.2 cm³/mol. The van der Waals surface area contributed by atoms with Crippen LogP contribution in [0.25, 0.3) is 0 Å². The van der Waals surface area contributed by atoms with Gasteiger partial charge in [-0.05, 0) is 6.92 Å². The van der Waals surface area contributed by atoms with Gasteiger partial charge in [0.15, 0.2) is 5.69 Å². The van der Waals surface area contributed by atoms with Crippen molar-refractivity contribution in [3.05, 3.63) is 18.0 Å². The first-order valence-electron chi connectivity index (χ1n) is 4.16. The molecular formula is C8H8F3NO5. The fourth-order valence-corrected chi connectivity index (χ4v) is 0.523. The van der Waals surface area contributed by atoms with E-state index in [0.29, 0.717) is 6.61 Å². The molecule has 0 aliphatic rings. The van der Waals surface area contributed by atoms with Crippen molar-refractivity contribution >= 4 is 11.9 Å². The fourth-order valence-electron chi connectivity index (χ4n) is 0.523. The molecule has 0 saturated heterocycles. The number of aromatic nitrogens is 1. The van der Waals surface area contributed by atoms with E-state index >= 15 is 0 Å². The molecule has 0 radical (unpaired) electrons. The Bertz CT molecular complexity index is 360. The third-order valence-corrected chi connectivity index (χ3v) is 1.16. The number of carbonyl (C=O) groups is 2. The summed E-state index contributed by atoms with van der Waals surface area (Å²) in [5, 5.41) is 10.5. The lowest BCUT2D eigenvalue weighted by atomic mass is 10.4. The summed E-state index contributed by atoms with van der Waals surface area (Å²) in [5.74, 6) is -3.20. The lowest BCUT2D eigenvalue weighted by molar-refractivity contribution is -0.192. The molecule has 0 aliphatic heterocycles. The van der Waals surface area contributed by atoms with E-state index in [-0.39, 0.29) is 5.69 Å². The van der Waals surface area contributed by atoms with Crippen molar-refractivity contribution in [2.45, 2.75) is 13.1 Å². The van der Waals surface area contributed by atoms with Gasteiger partial charge in [0.05, 0.1) is 6.61 Å². The number of nitrogens with zero attached hydrogens (tertiary/aromatic N) is 1. The first kappa shape index (κ1) is 14.9. The molecule has 0 atom stereocenters. The van der Waals surface area contributed by atoms with E-state index in [1.165, 1.54) is 12.3 Å². The summed E-state index contributed by atoms with van der Waals surface area (Å²) in [6.07, 6.45) is -3.76. The molecule has 0 amide bonds. The number of carbonyl (C=O) groups excluding carboxylic acids is 1. The average Bonchev–Trinajstić information content (AvgIpc) is 2.70. The van der Waals surface area contributed by atoms with Crippen LogP contribution in [-0.2, 0) is 9.53 Å². The number of carboxylic acid groups (broad SMARTS) is 1. The van der Waals surface area contributed by atoms with Crippen molar-refractivity contribution in [1.29, 1.82) is 0 Å². The Morgan fingerprint density at radius 2 is 2.06 bits per heavy atom. The smallest absolute Gasteiger partial charge is 0.475 e. The summed E-state index contributed by atoms with van der Waals surface area (Å²) in [5.41, 5.74) is 0.210. The second-order valence-electron chi connectivity index (χ2n) is 2.41. The molecule has 1 rings (SSSR count). The number of ether oxygens (including phenoxy) is 1. The van der Waals surface area contributed by atoms with Crippen molar-refractivity contribution in [3.8, 4) is 0 Å². The number of hydrogen-bond acceptors (Lipinski definition) is 5. The zero-order chi connectivity index (χ0) is 13.5. The Balaban J connectivity index is 0.000000325. The molecule has 9 heteroatoms. The second kappa shape index (κ2) is 6.51. The van der Waals surface area contributed by atoms with Crippen LogP contribution in [0.3, 0.4) is 0 Å². The van der Waals surface area contributed by atoms with Gasteiger partial charge in [-0.25, -0.2) is 9.59 Å². The predicted octanol–water partition coefficient (Wildman–Crippen LogP) is 1.48. The zero-order valence-electron chi connectivity index (χ0n) is 8.52. The van der Waals surface area contributed by atoms with Gasteiger partial charge in [-0.15, -0.1) is 0 Å². The van der Waals surface area contributed by atoms with Gasteiger partial charge in [0, 0.05) is 6.07 Å². The fraction of sp³-hybridized carbons (Fsp3) is 0.375. The second-order valence-corrected chi connectivity index (χ2v) is 2.41. The van der Waals surface area contributed by atoms with Crippen LogP contribution in [0.15, 0.2) is 16.9 Å². The van der Waals surface area contributed by atoms with Crippen LogP contribution in [-0.4, -0.2) is 35.0 Å². The summed E-state index contributed by atoms with van der Waals surface area (Å²) < 4.78 is 40.8. The first-order valence-corrected chi connectivity index (χ1v) is 4.16. The Kier molecular flexibility index (Phi) is 5.72. The minimum Gasteiger partial charge on any atom is -0.475 e. The van der Waals surface area contributed by atoms with E-state index in [0.717, 1.165) is 0 Å². The molecule has 6 nitrogen and oxygen atoms in total. The van der Waals surface area contributed by atoms with Crippen molar-refractivity contribution in [1.82, 2.24) is 5.16 Å². The minimum atomic E-state index is -5.08. The van der Waals surface area contributed by atoms with E-state index in [9.17, 15) is 18.0 Å². The number of alkyl halides is 3. The Morgan fingerprint density at radius 3 is 2.35 bits per heavy atom. The normalized spacial score (nSPS) is 10.1. The number of halogens is 3. The number of hydrogen-bond donors (Lipinski definition) is 1. The number of carboxylic acids is 1. The quantitative estimate of drug-likeness (QED) is 0.805. The Morgan fingerprint density at radius 1 is 1.53 bits per heavy atom. The van der Waals surface area contributed by atoms with Gasteiger partial charge in [-0.1, -0.05) is 5.16 Å². The SMILES string of the molecule is CCOC(=O)c1ccon1.O=C(O)C(F)(F)F. The third-order valence-electron chi connectivity index (χ3n) is 1.16. The molecular weight excluding hydrogens is 247 g/mol. The summed E-state index contributed by atoms with van der Waals surface area (Å²) >= 11 is 0. The molecule has 0 bridgehead atoms. The summed E-state index contributed by atoms with van der Waals surface area (Å²) in [7, 11) is 0. The third kappa shape index (κ3) is 6.17. The standard InChI is InChI=1S/C6H7NO3.C2HF3O2/c1-2-9-6(8)5-3-4-10-7-5;3-2(4,5)1(6)7/h3-4H,2H2,1H3;(H,6,7). The van der Waals surface area contributed by atoms with Crippen molar-refractivity contribution in [2.24, 2.45) is 0 Å². The van der Waals surface area contributed by atoms with E-state index < -0.39 is 18.1 Å². The highest BCUT2D eigenvalue weighted by Crippen LogP contribution is 2.13. The monoisotopic (exact) mass is 255 g/mol. The van der Waals surface area contributed by atoms with E-state index in [1.807, 2.05) is 0 Å². The van der Waals surface area contributed by atoms with E-state index in [2.05, 4.69) is 14.4 Å². The van der Waals surface area contributed by atoms with Crippen molar-refractivity contribution in [3.63, 3.8) is 0 Å². The molecule has 17 heavy (non-hydrogen) atoms. The van der Waals surface area contributed by atoms with Crippen LogP contribution in [0.4, 0.5) is 13.2 Å². The molecule has 0 fully saturated rings. The lowest BCUT2D eigenvalue weighted by Gasteiger charge is -1.93. The van der Waals surface area contributed by atoms with Crippen LogP contribution in [0, 0.1) is 0 Å². The van der Waals surface area contributed by atoms with Crippen LogP contribution in [0.5, 0.6) is 0 Å². The summed E-state index contributed by atoms with van der Waals surface area (Å²) in [6.45, 7) is 2.09. The molecule has 0 aliphatic carbocycles. The maximum absolute atomic E-state index is 10.8. The van der Waals surface area contributed by atoms with Crippen molar-refractivity contribution in [2.75, 3.05) is 6.61 Å². The largest absolute Gasteiger partial charge is 0.490 e. The molecule has 1 N–H and O–H groups in total. The Hall–Kier alpha value is -2.06. The summed E-state index contributed by atoms with van der Waals surface area (Å²) in [6, 6.07) is 1.46. The van der Waals surface area contributed by atoms with Crippen molar-refractivity contribution < 1.29 is 37.1 Å². The highest BCUT2D eigenvalue weighted by molar-refractivity contribution is 5.86. The first-order chi connectivity index (χ1) is 7.79. The van der Waals surface area contributed by atoms with Gasteiger partial charge >= 0.3 is 18.1 Å². The highest BCUT2D eigenvalue weighted by atomic mass is 19.4. The molecule has 1 aromatic rings. The highest BCUT2D eigenvalue weighted by Gasteiger charge is 2.38. The van der Waals surface area contributed by atoms with Gasteiger partial charge in [0.25, 0.3) is 0 Å². The van der Waals surface area contributed by atoms with E-state index in [1.54, 1.807) is 6.92 Å². The maximum atomic E-state index is 10.8. The molecule has 0 saturated carbocycles.